The van der Waals surface area contributed by atoms with Crippen LogP contribution in [0, 0.1) is 5.92 Å². The van der Waals surface area contributed by atoms with Crippen LogP contribution in [0.5, 0.6) is 0 Å². The van der Waals surface area contributed by atoms with Crippen LogP contribution in [-0.4, -0.2) is 77.8 Å². The van der Waals surface area contributed by atoms with Gasteiger partial charge in [0, 0.05) is 44.9 Å². The van der Waals surface area contributed by atoms with Crippen molar-refractivity contribution in [2.24, 2.45) is 5.92 Å². The van der Waals surface area contributed by atoms with Crippen LogP contribution in [0.1, 0.15) is 45.7 Å². The molecule has 0 aromatic carbocycles. The van der Waals surface area contributed by atoms with Crippen LogP contribution in [0.3, 0.4) is 0 Å². The molecule has 0 saturated carbocycles. The molecule has 1 aliphatic rings. The molecule has 10 nitrogen and oxygen atoms in total. The SMILES string of the molecule is CCC(=O)O[C@H](C(=O)N1CCC[C@@H]1C(=O)OCOC(=O)N(C)CCc1ccccn1)C(C)C. The molecule has 1 aromatic heterocycles. The number of carbonyl (C=O) groups excluding carboxylic acids is 4. The molecule has 1 saturated heterocycles. The first kappa shape index (κ1) is 26.1. The molecule has 0 bridgehead atoms. The Hall–Kier alpha value is -3.17. The largest absolute Gasteiger partial charge is 0.452 e. The number of amides is 2. The molecule has 10 heteroatoms. The number of likely N-dealkylation sites (tertiary alicyclic amines) is 1. The highest BCUT2D eigenvalue weighted by Crippen LogP contribution is 2.22. The maximum Gasteiger partial charge on any atom is 0.412 e. The standard InChI is InChI=1S/C23H33N3O7/c1-5-19(27)33-20(16(2)3)21(28)26-13-8-10-18(26)22(29)31-15-32-23(30)25(4)14-11-17-9-6-7-12-24-17/h6-7,9,12,16,18,20H,5,8,10-11,13-15H2,1-4H3/t18-,20+/m1/s1. The van der Waals surface area contributed by atoms with E-state index in [2.05, 4.69) is 4.98 Å². The number of hydrogen-bond acceptors (Lipinski definition) is 8. The molecule has 0 unspecified atom stereocenters. The Kier molecular flexibility index (Phi) is 10.1. The van der Waals surface area contributed by atoms with Gasteiger partial charge < -0.3 is 24.0 Å². The zero-order chi connectivity index (χ0) is 24.4. The molecule has 1 aliphatic heterocycles. The quantitative estimate of drug-likeness (QED) is 0.383. The predicted octanol–water partition coefficient (Wildman–Crippen LogP) is 2.16. The van der Waals surface area contributed by atoms with Gasteiger partial charge in [0.25, 0.3) is 5.91 Å². The first-order valence-corrected chi connectivity index (χ1v) is 11.2. The lowest BCUT2D eigenvalue weighted by molar-refractivity contribution is -0.168. The first-order chi connectivity index (χ1) is 15.7. The molecule has 1 aromatic rings. The zero-order valence-electron chi connectivity index (χ0n) is 19.7. The third-order valence-electron chi connectivity index (χ3n) is 5.33. The van der Waals surface area contributed by atoms with Crippen molar-refractivity contribution in [2.45, 2.75) is 58.6 Å². The van der Waals surface area contributed by atoms with Crippen LogP contribution in [0.25, 0.3) is 0 Å². The molecule has 2 rings (SSSR count). The molecule has 0 aliphatic carbocycles. The second kappa shape index (κ2) is 12.8. The lowest BCUT2D eigenvalue weighted by atomic mass is 10.1. The summed E-state index contributed by atoms with van der Waals surface area (Å²) in [6.07, 6.45) is 1.85. The first-order valence-electron chi connectivity index (χ1n) is 11.2. The van der Waals surface area contributed by atoms with E-state index < -0.39 is 42.9 Å². The predicted molar refractivity (Wildman–Crippen MR) is 118 cm³/mol. The summed E-state index contributed by atoms with van der Waals surface area (Å²) in [6, 6.07) is 4.74. The van der Waals surface area contributed by atoms with Gasteiger partial charge in [-0.1, -0.05) is 26.8 Å². The number of likely N-dealkylation sites (N-methyl/N-ethyl adjacent to an activating group) is 1. The number of pyridine rings is 1. The topological polar surface area (TPSA) is 115 Å². The second-order valence-corrected chi connectivity index (χ2v) is 8.18. The number of esters is 2. The highest BCUT2D eigenvalue weighted by atomic mass is 16.7. The fraction of sp³-hybridized carbons (Fsp3) is 0.609. The Morgan fingerprint density at radius 3 is 2.61 bits per heavy atom. The lowest BCUT2D eigenvalue weighted by Crippen LogP contribution is -2.49. The Morgan fingerprint density at radius 1 is 1.21 bits per heavy atom. The van der Waals surface area contributed by atoms with Gasteiger partial charge in [0.05, 0.1) is 0 Å². The second-order valence-electron chi connectivity index (χ2n) is 8.18. The minimum atomic E-state index is -0.962. The van der Waals surface area contributed by atoms with Gasteiger partial charge in [-0.3, -0.25) is 14.6 Å². The summed E-state index contributed by atoms with van der Waals surface area (Å²) in [7, 11) is 1.58. The summed E-state index contributed by atoms with van der Waals surface area (Å²) in [5, 5.41) is 0. The molecule has 33 heavy (non-hydrogen) atoms. The number of ether oxygens (including phenoxy) is 3. The van der Waals surface area contributed by atoms with Crippen LogP contribution in [-0.2, 0) is 35.0 Å². The Bertz CT molecular complexity index is 816. The molecular formula is C23H33N3O7. The van der Waals surface area contributed by atoms with Crippen molar-refractivity contribution < 1.29 is 33.4 Å². The number of nitrogens with zero attached hydrogens (tertiary/aromatic N) is 3. The monoisotopic (exact) mass is 463 g/mol. The maximum absolute atomic E-state index is 13.0. The summed E-state index contributed by atoms with van der Waals surface area (Å²) in [5.74, 6) is -1.79. The van der Waals surface area contributed by atoms with Crippen LogP contribution < -0.4 is 0 Å². The van der Waals surface area contributed by atoms with Gasteiger partial charge in [0.15, 0.2) is 6.10 Å². The van der Waals surface area contributed by atoms with E-state index in [0.29, 0.717) is 32.4 Å². The van der Waals surface area contributed by atoms with E-state index in [-0.39, 0.29) is 12.3 Å². The van der Waals surface area contributed by atoms with Gasteiger partial charge in [-0.15, -0.1) is 0 Å². The van der Waals surface area contributed by atoms with Gasteiger partial charge in [-0.25, -0.2) is 9.59 Å². The molecule has 2 heterocycles. The van der Waals surface area contributed by atoms with Crippen LogP contribution in [0.15, 0.2) is 24.4 Å². The Balaban J connectivity index is 1.82. The number of carbonyl (C=O) groups is 4. The molecule has 182 valence electrons. The minimum Gasteiger partial charge on any atom is -0.452 e. The molecule has 0 spiro atoms. The molecular weight excluding hydrogens is 430 g/mol. The number of aromatic nitrogens is 1. The highest BCUT2D eigenvalue weighted by molar-refractivity contribution is 5.89. The average Bonchev–Trinajstić information content (AvgIpc) is 3.30. The van der Waals surface area contributed by atoms with E-state index in [1.54, 1.807) is 34.0 Å². The molecule has 2 atom stereocenters. The zero-order valence-corrected chi connectivity index (χ0v) is 19.7. The van der Waals surface area contributed by atoms with E-state index in [1.165, 1.54) is 9.80 Å². The van der Waals surface area contributed by atoms with Crippen molar-refractivity contribution in [3.05, 3.63) is 30.1 Å². The van der Waals surface area contributed by atoms with E-state index >= 15 is 0 Å². The Morgan fingerprint density at radius 2 is 1.97 bits per heavy atom. The smallest absolute Gasteiger partial charge is 0.412 e. The summed E-state index contributed by atoms with van der Waals surface area (Å²) in [4.78, 5) is 56.3. The summed E-state index contributed by atoms with van der Waals surface area (Å²) < 4.78 is 15.4. The maximum atomic E-state index is 13.0. The third-order valence-corrected chi connectivity index (χ3v) is 5.33. The van der Waals surface area contributed by atoms with Crippen LogP contribution >= 0.6 is 0 Å². The van der Waals surface area contributed by atoms with E-state index in [0.717, 1.165) is 5.69 Å². The number of rotatable bonds is 10. The third kappa shape index (κ3) is 7.73. The Labute approximate surface area is 194 Å². The molecule has 2 amide bonds. The van der Waals surface area contributed by atoms with Gasteiger partial charge in [-0.2, -0.15) is 0 Å². The fourth-order valence-electron chi connectivity index (χ4n) is 3.40. The molecule has 0 N–H and O–H groups in total. The van der Waals surface area contributed by atoms with Crippen molar-refractivity contribution >= 4 is 23.9 Å². The lowest BCUT2D eigenvalue weighted by Gasteiger charge is -2.29. The van der Waals surface area contributed by atoms with Crippen molar-refractivity contribution in [3.63, 3.8) is 0 Å². The van der Waals surface area contributed by atoms with E-state index in [4.69, 9.17) is 14.2 Å². The summed E-state index contributed by atoms with van der Waals surface area (Å²) in [6.45, 7) is 5.40. The summed E-state index contributed by atoms with van der Waals surface area (Å²) in [5.41, 5.74) is 0.846. The van der Waals surface area contributed by atoms with Crippen molar-refractivity contribution in [1.29, 1.82) is 0 Å². The molecule has 0 radical (unpaired) electrons. The normalized spacial score (nSPS) is 16.3. The van der Waals surface area contributed by atoms with E-state index in [9.17, 15) is 19.2 Å². The van der Waals surface area contributed by atoms with E-state index in [1.807, 2.05) is 18.2 Å². The van der Waals surface area contributed by atoms with Crippen LogP contribution in [0.2, 0.25) is 0 Å². The van der Waals surface area contributed by atoms with Gasteiger partial charge >= 0.3 is 18.0 Å². The van der Waals surface area contributed by atoms with Gasteiger partial charge in [0.2, 0.25) is 6.79 Å². The molecule has 1 fully saturated rings. The summed E-state index contributed by atoms with van der Waals surface area (Å²) >= 11 is 0. The minimum absolute atomic E-state index is 0.156. The highest BCUT2D eigenvalue weighted by Gasteiger charge is 2.40. The van der Waals surface area contributed by atoms with Crippen LogP contribution in [0.4, 0.5) is 4.79 Å². The fourth-order valence-corrected chi connectivity index (χ4v) is 3.40. The van der Waals surface area contributed by atoms with Crippen molar-refractivity contribution in [3.8, 4) is 0 Å². The van der Waals surface area contributed by atoms with Gasteiger partial charge in [0.1, 0.15) is 6.04 Å². The number of hydrogen-bond donors (Lipinski definition) is 0. The van der Waals surface area contributed by atoms with Gasteiger partial charge in [-0.05, 0) is 30.9 Å². The van der Waals surface area contributed by atoms with Crippen molar-refractivity contribution in [1.82, 2.24) is 14.8 Å². The average molecular weight is 464 g/mol. The van der Waals surface area contributed by atoms with Crippen molar-refractivity contribution in [2.75, 3.05) is 26.9 Å².